The van der Waals surface area contributed by atoms with Gasteiger partial charge in [0.25, 0.3) is 5.91 Å². The van der Waals surface area contributed by atoms with Gasteiger partial charge in [-0.05, 0) is 67.2 Å². The Labute approximate surface area is 241 Å². The first-order valence-electron chi connectivity index (χ1n) is 13.6. The van der Waals surface area contributed by atoms with E-state index in [1.165, 1.54) is 24.0 Å². The van der Waals surface area contributed by atoms with Crippen molar-refractivity contribution in [2.24, 2.45) is 0 Å². The maximum Gasteiger partial charge on any atom is 0.257 e. The maximum atomic E-state index is 13.2. The number of halogens is 1. The second kappa shape index (κ2) is 12.8. The van der Waals surface area contributed by atoms with Crippen molar-refractivity contribution in [2.75, 3.05) is 18.4 Å². The Balaban J connectivity index is 0.00000323. The summed E-state index contributed by atoms with van der Waals surface area (Å²) in [4.78, 5) is 20.5. The number of hydrogen-bond donors (Lipinski definition) is 1. The molecule has 2 heterocycles. The van der Waals surface area contributed by atoms with Crippen molar-refractivity contribution in [3.63, 3.8) is 0 Å². The van der Waals surface area contributed by atoms with Crippen LogP contribution in [0.25, 0.3) is 16.9 Å². The van der Waals surface area contributed by atoms with Gasteiger partial charge >= 0.3 is 0 Å². The molecule has 1 aliphatic rings. The molecule has 1 aliphatic heterocycles. The number of carbonyl (C=O) groups excluding carboxylic acids is 1. The van der Waals surface area contributed by atoms with Crippen LogP contribution in [-0.4, -0.2) is 33.4 Å². The molecule has 0 bridgehead atoms. The Hall–Kier alpha value is -4.19. The molecule has 0 aliphatic carbocycles. The number of nitrogens with one attached hydrogen (secondary N) is 1. The summed E-state index contributed by atoms with van der Waals surface area (Å²) in [5.74, 6) is 0.974. The summed E-state index contributed by atoms with van der Waals surface area (Å²) >= 11 is 0. The van der Waals surface area contributed by atoms with Crippen molar-refractivity contribution in [2.45, 2.75) is 25.3 Å². The molecule has 202 valence electrons. The zero-order chi connectivity index (χ0) is 26.4. The second-order valence-corrected chi connectivity index (χ2v) is 10.1. The van der Waals surface area contributed by atoms with Crippen LogP contribution in [0.1, 0.15) is 40.2 Å². The summed E-state index contributed by atoms with van der Waals surface area (Å²) < 4.78 is 1.92. The van der Waals surface area contributed by atoms with Gasteiger partial charge in [-0.3, -0.25) is 19.6 Å². The molecule has 0 spiro atoms. The maximum absolute atomic E-state index is 13.2. The smallest absolute Gasteiger partial charge is 0.257 e. The monoisotopic (exact) mass is 548 g/mol. The van der Waals surface area contributed by atoms with Crippen LogP contribution in [0.5, 0.6) is 0 Å². The van der Waals surface area contributed by atoms with E-state index < -0.39 is 0 Å². The number of benzene rings is 4. The molecule has 1 aromatic heterocycles. The Morgan fingerprint density at radius 3 is 2.02 bits per heavy atom. The van der Waals surface area contributed by atoms with Crippen LogP contribution in [-0.2, 0) is 6.54 Å². The predicted octanol–water partition coefficient (Wildman–Crippen LogP) is 7.59. The lowest BCUT2D eigenvalue weighted by Gasteiger charge is -2.32. The van der Waals surface area contributed by atoms with Crippen molar-refractivity contribution >= 4 is 24.3 Å². The first kappa shape index (κ1) is 27.4. The molecule has 0 unspecified atom stereocenters. The van der Waals surface area contributed by atoms with Crippen LogP contribution in [0.2, 0.25) is 0 Å². The van der Waals surface area contributed by atoms with Gasteiger partial charge in [-0.1, -0.05) is 91.0 Å². The number of anilines is 1. The van der Waals surface area contributed by atoms with E-state index in [0.717, 1.165) is 36.6 Å². The van der Waals surface area contributed by atoms with E-state index in [1.807, 2.05) is 83.6 Å². The summed E-state index contributed by atoms with van der Waals surface area (Å²) in [6, 6.07) is 38.8. The largest absolute Gasteiger partial charge is 0.299 e. The number of imidazole rings is 1. The molecule has 4 aromatic carbocycles. The molecule has 0 saturated carbocycles. The third-order valence-corrected chi connectivity index (χ3v) is 7.52. The van der Waals surface area contributed by atoms with Gasteiger partial charge in [0.15, 0.2) is 0 Å². The molecule has 1 amide bonds. The lowest BCUT2D eigenvalue weighted by molar-refractivity contribution is 0.102. The fourth-order valence-electron chi connectivity index (χ4n) is 5.34. The molecule has 6 heteroatoms. The van der Waals surface area contributed by atoms with Crippen molar-refractivity contribution in [1.82, 2.24) is 14.5 Å². The Bertz CT molecular complexity index is 1510. The van der Waals surface area contributed by atoms with E-state index in [0.29, 0.717) is 17.4 Å². The van der Waals surface area contributed by atoms with Crippen molar-refractivity contribution < 1.29 is 4.79 Å². The molecule has 0 atom stereocenters. The fraction of sp³-hybridized carbons (Fsp3) is 0.176. The highest BCUT2D eigenvalue weighted by atomic mass is 35.5. The standard InChI is InChI=1S/C34H32N4O.ClH/c39-33(36-34-35-32(29-12-6-2-7-13-29)25-38(34)31-14-8-3-9-15-31)30-18-16-26(17-19-30)24-37-22-20-28(21-23-37)27-10-4-1-5-11-27;/h1-19,25,28H,20-24H2,(H,35,36,39);1H. The van der Waals surface area contributed by atoms with Gasteiger partial charge in [-0.15, -0.1) is 12.4 Å². The average Bonchev–Trinajstić information content (AvgIpc) is 3.43. The third kappa shape index (κ3) is 6.33. The molecule has 5 aromatic rings. The fourth-order valence-corrected chi connectivity index (χ4v) is 5.34. The number of amides is 1. The van der Waals surface area contributed by atoms with Gasteiger partial charge in [0, 0.05) is 29.6 Å². The van der Waals surface area contributed by atoms with Gasteiger partial charge in [0.05, 0.1) is 5.69 Å². The normalized spacial score (nSPS) is 13.9. The number of para-hydroxylation sites is 1. The van der Waals surface area contributed by atoms with Crippen LogP contribution in [0.15, 0.2) is 121 Å². The number of carbonyl (C=O) groups is 1. The van der Waals surface area contributed by atoms with Gasteiger partial charge < -0.3 is 0 Å². The predicted molar refractivity (Wildman–Crippen MR) is 164 cm³/mol. The van der Waals surface area contributed by atoms with Gasteiger partial charge in [0.1, 0.15) is 0 Å². The number of piperidine rings is 1. The zero-order valence-corrected chi connectivity index (χ0v) is 23.1. The van der Waals surface area contributed by atoms with Crippen molar-refractivity contribution in [3.05, 3.63) is 138 Å². The number of likely N-dealkylation sites (tertiary alicyclic amines) is 1. The summed E-state index contributed by atoms with van der Waals surface area (Å²) in [7, 11) is 0. The van der Waals surface area contributed by atoms with Crippen LogP contribution in [0, 0.1) is 0 Å². The first-order chi connectivity index (χ1) is 19.2. The molecule has 6 rings (SSSR count). The van der Waals surface area contributed by atoms with Gasteiger partial charge in [0.2, 0.25) is 5.95 Å². The number of nitrogens with zero attached hydrogens (tertiary/aromatic N) is 3. The van der Waals surface area contributed by atoms with Crippen molar-refractivity contribution in [1.29, 1.82) is 0 Å². The third-order valence-electron chi connectivity index (χ3n) is 7.52. The van der Waals surface area contributed by atoms with Gasteiger partial charge in [-0.2, -0.15) is 0 Å². The number of hydrogen-bond acceptors (Lipinski definition) is 3. The molecule has 5 nitrogen and oxygen atoms in total. The van der Waals surface area contributed by atoms with E-state index in [4.69, 9.17) is 4.98 Å². The van der Waals surface area contributed by atoms with Crippen LogP contribution < -0.4 is 5.32 Å². The lowest BCUT2D eigenvalue weighted by Crippen LogP contribution is -2.32. The van der Waals surface area contributed by atoms with Crippen molar-refractivity contribution in [3.8, 4) is 16.9 Å². The van der Waals surface area contributed by atoms with Gasteiger partial charge in [-0.25, -0.2) is 4.98 Å². The topological polar surface area (TPSA) is 50.2 Å². The van der Waals surface area contributed by atoms with Crippen LogP contribution in [0.4, 0.5) is 5.95 Å². The minimum atomic E-state index is -0.174. The van der Waals surface area contributed by atoms with E-state index >= 15 is 0 Å². The Kier molecular flexibility index (Phi) is 8.74. The van der Waals surface area contributed by atoms with Crippen LogP contribution in [0.3, 0.4) is 0 Å². The molecule has 1 saturated heterocycles. The van der Waals surface area contributed by atoms with E-state index in [2.05, 4.69) is 52.7 Å². The highest BCUT2D eigenvalue weighted by Gasteiger charge is 2.21. The summed E-state index contributed by atoms with van der Waals surface area (Å²) in [5.41, 5.74) is 6.04. The summed E-state index contributed by atoms with van der Waals surface area (Å²) in [6.07, 6.45) is 4.33. The quantitative estimate of drug-likeness (QED) is 0.228. The van der Waals surface area contributed by atoms with E-state index in [-0.39, 0.29) is 18.3 Å². The minimum absolute atomic E-state index is 0. The summed E-state index contributed by atoms with van der Waals surface area (Å²) in [5, 5.41) is 3.04. The van der Waals surface area contributed by atoms with E-state index in [1.54, 1.807) is 0 Å². The Morgan fingerprint density at radius 1 is 0.775 bits per heavy atom. The Morgan fingerprint density at radius 2 is 1.38 bits per heavy atom. The number of aromatic nitrogens is 2. The second-order valence-electron chi connectivity index (χ2n) is 10.1. The minimum Gasteiger partial charge on any atom is -0.299 e. The average molecular weight is 549 g/mol. The van der Waals surface area contributed by atoms with Crippen LogP contribution >= 0.6 is 12.4 Å². The molecule has 1 fully saturated rings. The van der Waals surface area contributed by atoms with E-state index in [9.17, 15) is 4.79 Å². The number of rotatable bonds is 7. The highest BCUT2D eigenvalue weighted by Crippen LogP contribution is 2.29. The molecular formula is C34H33ClN4O. The SMILES string of the molecule is Cl.O=C(Nc1nc(-c2ccccc2)cn1-c1ccccc1)c1ccc(CN2CCC(c3ccccc3)CC2)cc1. The lowest BCUT2D eigenvalue weighted by atomic mass is 9.89. The molecule has 0 radical (unpaired) electrons. The highest BCUT2D eigenvalue weighted by molar-refractivity contribution is 6.03. The molecule has 40 heavy (non-hydrogen) atoms. The molecular weight excluding hydrogens is 516 g/mol. The first-order valence-corrected chi connectivity index (χ1v) is 13.6. The summed E-state index contributed by atoms with van der Waals surface area (Å²) in [6.45, 7) is 3.09. The molecule has 1 N–H and O–H groups in total. The zero-order valence-electron chi connectivity index (χ0n) is 22.3.